The molecule has 0 radical (unpaired) electrons. The Labute approximate surface area is 118 Å². The van der Waals surface area contributed by atoms with Gasteiger partial charge in [0.05, 0.1) is 0 Å². The minimum atomic E-state index is -0.790. The second-order valence-corrected chi connectivity index (χ2v) is 5.44. The van der Waals surface area contributed by atoms with Crippen molar-refractivity contribution in [2.75, 3.05) is 10.7 Å². The fourth-order valence-electron chi connectivity index (χ4n) is 2.87. The number of hydrogen-bond donors (Lipinski definition) is 3. The van der Waals surface area contributed by atoms with Crippen molar-refractivity contribution in [3.63, 3.8) is 0 Å². The topological polar surface area (TPSA) is 63.0 Å². The highest BCUT2D eigenvalue weighted by Crippen LogP contribution is 2.30. The van der Waals surface area contributed by atoms with Crippen LogP contribution in [-0.4, -0.2) is 11.0 Å². The second kappa shape index (κ2) is 6.83. The van der Waals surface area contributed by atoms with Crippen molar-refractivity contribution in [3.05, 3.63) is 17.7 Å². The van der Waals surface area contributed by atoms with Gasteiger partial charge in [0.1, 0.15) is 0 Å². The van der Waals surface area contributed by atoms with E-state index in [0.29, 0.717) is 0 Å². The molecule has 1 saturated carbocycles. The molecule has 0 saturated heterocycles. The SMILES string of the molecule is CCCC1CCC(Nc2nc(NN)c(F)cc2F)CC1. The van der Waals surface area contributed by atoms with Crippen molar-refractivity contribution in [2.45, 2.75) is 51.5 Å². The number of nitrogens with two attached hydrogens (primary N) is 1. The average molecular weight is 284 g/mol. The Morgan fingerprint density at radius 2 is 1.85 bits per heavy atom. The molecule has 0 bridgehead atoms. The van der Waals surface area contributed by atoms with Crippen molar-refractivity contribution in [3.8, 4) is 0 Å². The van der Waals surface area contributed by atoms with Gasteiger partial charge in [0, 0.05) is 12.1 Å². The molecule has 4 N–H and O–H groups in total. The molecule has 112 valence electrons. The van der Waals surface area contributed by atoms with Crippen LogP contribution in [0.5, 0.6) is 0 Å². The van der Waals surface area contributed by atoms with Crippen LogP contribution in [0.15, 0.2) is 6.07 Å². The first-order chi connectivity index (χ1) is 9.63. The highest BCUT2D eigenvalue weighted by molar-refractivity contribution is 5.47. The van der Waals surface area contributed by atoms with Gasteiger partial charge >= 0.3 is 0 Å². The first-order valence-corrected chi connectivity index (χ1v) is 7.23. The van der Waals surface area contributed by atoms with E-state index in [1.165, 1.54) is 12.8 Å². The van der Waals surface area contributed by atoms with Gasteiger partial charge in [0.15, 0.2) is 23.3 Å². The summed E-state index contributed by atoms with van der Waals surface area (Å²) in [5.41, 5.74) is 2.13. The zero-order chi connectivity index (χ0) is 14.5. The van der Waals surface area contributed by atoms with Crippen molar-refractivity contribution in [1.29, 1.82) is 0 Å². The summed E-state index contributed by atoms with van der Waals surface area (Å²) in [7, 11) is 0. The van der Waals surface area contributed by atoms with Crippen LogP contribution in [0, 0.1) is 17.6 Å². The van der Waals surface area contributed by atoms with Crippen LogP contribution in [0.3, 0.4) is 0 Å². The fraction of sp³-hybridized carbons (Fsp3) is 0.643. The number of nitrogen functional groups attached to an aromatic ring is 1. The average Bonchev–Trinajstić information content (AvgIpc) is 2.44. The van der Waals surface area contributed by atoms with Gasteiger partial charge in [-0.25, -0.2) is 19.6 Å². The van der Waals surface area contributed by atoms with Crippen LogP contribution in [0.2, 0.25) is 0 Å². The first kappa shape index (κ1) is 15.0. The molecule has 0 unspecified atom stereocenters. The van der Waals surface area contributed by atoms with Crippen LogP contribution in [0.1, 0.15) is 45.4 Å². The molecule has 1 aliphatic rings. The van der Waals surface area contributed by atoms with Crippen LogP contribution >= 0.6 is 0 Å². The minimum Gasteiger partial charge on any atom is -0.365 e. The van der Waals surface area contributed by atoms with Crippen LogP contribution in [0.4, 0.5) is 20.4 Å². The lowest BCUT2D eigenvalue weighted by atomic mass is 9.83. The third kappa shape index (κ3) is 3.56. The van der Waals surface area contributed by atoms with Crippen molar-refractivity contribution in [1.82, 2.24) is 4.98 Å². The highest BCUT2D eigenvalue weighted by atomic mass is 19.1. The van der Waals surface area contributed by atoms with Gasteiger partial charge in [-0.1, -0.05) is 19.8 Å². The number of hydrazine groups is 1. The third-order valence-corrected chi connectivity index (χ3v) is 3.95. The lowest BCUT2D eigenvalue weighted by Gasteiger charge is -2.29. The van der Waals surface area contributed by atoms with Crippen molar-refractivity contribution >= 4 is 11.6 Å². The van der Waals surface area contributed by atoms with E-state index in [4.69, 9.17) is 5.84 Å². The number of hydrogen-bond acceptors (Lipinski definition) is 4. The molecular formula is C14H22F2N4. The zero-order valence-electron chi connectivity index (χ0n) is 11.8. The van der Waals surface area contributed by atoms with Gasteiger partial charge in [-0.2, -0.15) is 0 Å². The number of rotatable bonds is 5. The van der Waals surface area contributed by atoms with Crippen LogP contribution in [-0.2, 0) is 0 Å². The number of nitrogens with one attached hydrogen (secondary N) is 2. The summed E-state index contributed by atoms with van der Waals surface area (Å²) in [6.45, 7) is 2.20. The summed E-state index contributed by atoms with van der Waals surface area (Å²) in [5, 5.41) is 3.07. The van der Waals surface area contributed by atoms with Crippen LogP contribution < -0.4 is 16.6 Å². The molecule has 1 aliphatic carbocycles. The Morgan fingerprint density at radius 3 is 2.45 bits per heavy atom. The molecule has 4 nitrogen and oxygen atoms in total. The molecule has 0 spiro atoms. The number of nitrogens with zero attached hydrogens (tertiary/aromatic N) is 1. The van der Waals surface area contributed by atoms with E-state index in [1.54, 1.807) is 0 Å². The molecule has 0 aliphatic heterocycles. The first-order valence-electron chi connectivity index (χ1n) is 7.23. The Bertz CT molecular complexity index is 445. The van der Waals surface area contributed by atoms with E-state index < -0.39 is 11.6 Å². The molecule has 0 aromatic carbocycles. The lowest BCUT2D eigenvalue weighted by Crippen LogP contribution is -2.27. The molecule has 1 aromatic heterocycles. The van der Waals surface area contributed by atoms with E-state index in [-0.39, 0.29) is 17.7 Å². The van der Waals surface area contributed by atoms with Gasteiger partial charge in [-0.05, 0) is 31.6 Å². The molecule has 20 heavy (non-hydrogen) atoms. The third-order valence-electron chi connectivity index (χ3n) is 3.95. The molecule has 0 atom stereocenters. The summed E-state index contributed by atoms with van der Waals surface area (Å²) in [4.78, 5) is 3.84. The van der Waals surface area contributed by atoms with E-state index >= 15 is 0 Å². The van der Waals surface area contributed by atoms with Crippen molar-refractivity contribution in [2.24, 2.45) is 11.8 Å². The fourth-order valence-corrected chi connectivity index (χ4v) is 2.87. The standard InChI is InChI=1S/C14H22F2N4/c1-2-3-9-4-6-10(7-5-9)18-13-11(15)8-12(16)14(19-13)20-17/h8-10H,2-7,17H2,1H3,(H2,18,19,20). The van der Waals surface area contributed by atoms with Gasteiger partial charge in [-0.15, -0.1) is 0 Å². The second-order valence-electron chi connectivity index (χ2n) is 5.44. The number of aromatic nitrogens is 1. The molecule has 6 heteroatoms. The maximum atomic E-state index is 13.7. The predicted octanol–water partition coefficient (Wildman–Crippen LogP) is 3.42. The summed E-state index contributed by atoms with van der Waals surface area (Å²) < 4.78 is 27.0. The van der Waals surface area contributed by atoms with Gasteiger partial charge in [0.25, 0.3) is 0 Å². The van der Waals surface area contributed by atoms with Gasteiger partial charge in [0.2, 0.25) is 0 Å². The maximum absolute atomic E-state index is 13.7. The quantitative estimate of drug-likeness (QED) is 0.572. The molecular weight excluding hydrogens is 262 g/mol. The van der Waals surface area contributed by atoms with Gasteiger partial charge in [-0.3, -0.25) is 0 Å². The number of anilines is 2. The number of halogens is 2. The van der Waals surface area contributed by atoms with E-state index in [2.05, 4.69) is 22.7 Å². The maximum Gasteiger partial charge on any atom is 0.178 e. The summed E-state index contributed by atoms with van der Waals surface area (Å²) in [6, 6.07) is 0.994. The van der Waals surface area contributed by atoms with E-state index in [9.17, 15) is 8.78 Å². The zero-order valence-corrected chi connectivity index (χ0v) is 11.8. The minimum absolute atomic E-state index is 0.0679. The van der Waals surface area contributed by atoms with Crippen molar-refractivity contribution < 1.29 is 8.78 Å². The molecule has 1 aromatic rings. The summed E-state index contributed by atoms with van der Waals surface area (Å²) >= 11 is 0. The Balaban J connectivity index is 1.97. The van der Waals surface area contributed by atoms with E-state index in [0.717, 1.165) is 37.7 Å². The molecule has 1 heterocycles. The Morgan fingerprint density at radius 1 is 1.20 bits per heavy atom. The number of pyridine rings is 1. The monoisotopic (exact) mass is 284 g/mol. The molecule has 0 amide bonds. The normalized spacial score (nSPS) is 22.6. The lowest BCUT2D eigenvalue weighted by molar-refractivity contribution is 0.318. The smallest absolute Gasteiger partial charge is 0.178 e. The van der Waals surface area contributed by atoms with E-state index in [1.807, 2.05) is 0 Å². The highest BCUT2D eigenvalue weighted by Gasteiger charge is 2.22. The van der Waals surface area contributed by atoms with Crippen LogP contribution in [0.25, 0.3) is 0 Å². The summed E-state index contributed by atoms with van der Waals surface area (Å²) in [5.74, 6) is 4.38. The molecule has 2 rings (SSSR count). The Hall–Kier alpha value is -1.43. The molecule has 1 fully saturated rings. The predicted molar refractivity (Wildman–Crippen MR) is 76.2 cm³/mol. The largest absolute Gasteiger partial charge is 0.365 e. The Kier molecular flexibility index (Phi) is 5.11. The summed E-state index contributed by atoms with van der Waals surface area (Å²) in [6.07, 6.45) is 6.76. The van der Waals surface area contributed by atoms with Gasteiger partial charge < -0.3 is 10.7 Å².